The zero-order valence-corrected chi connectivity index (χ0v) is 15.7. The summed E-state index contributed by atoms with van der Waals surface area (Å²) < 4.78 is 1.71. The van der Waals surface area contributed by atoms with Crippen molar-refractivity contribution in [3.05, 3.63) is 82.3 Å². The molecule has 0 spiro atoms. The van der Waals surface area contributed by atoms with Crippen LogP contribution >= 0.6 is 11.8 Å². The molecule has 2 aromatic carbocycles. The maximum atomic E-state index is 11.4. The highest BCUT2D eigenvalue weighted by molar-refractivity contribution is 7.98. The first kappa shape index (κ1) is 18.6. The van der Waals surface area contributed by atoms with E-state index < -0.39 is 10.8 Å². The number of nitro groups is 1. The molecule has 0 fully saturated rings. The Morgan fingerprint density at radius 1 is 1.17 bits per heavy atom. The molecule has 4 aromatic rings. The van der Waals surface area contributed by atoms with E-state index in [4.69, 9.17) is 5.73 Å². The summed E-state index contributed by atoms with van der Waals surface area (Å²) in [5, 5.41) is 17.2. The number of carbonyl (C=O) groups excluding carboxylic acids is 1. The fourth-order valence-corrected chi connectivity index (χ4v) is 3.81. The normalized spacial score (nSPS) is 10.9. The quantitative estimate of drug-likeness (QED) is 0.225. The molecule has 0 saturated heterocycles. The van der Waals surface area contributed by atoms with Gasteiger partial charge in [-0.05, 0) is 18.2 Å². The maximum Gasteiger partial charge on any atom is 0.274 e. The van der Waals surface area contributed by atoms with Gasteiger partial charge in [-0.3, -0.25) is 14.9 Å². The topological polar surface area (TPSA) is 130 Å². The lowest BCUT2D eigenvalue weighted by atomic mass is 10.1. The van der Waals surface area contributed by atoms with E-state index in [1.165, 1.54) is 36.3 Å². The van der Waals surface area contributed by atoms with Crippen molar-refractivity contribution in [3.8, 4) is 5.69 Å². The largest absolute Gasteiger partial charge is 0.366 e. The van der Waals surface area contributed by atoms with Crippen LogP contribution in [0.25, 0.3) is 16.7 Å². The second-order valence-electron chi connectivity index (χ2n) is 6.06. The minimum absolute atomic E-state index is 0.0963. The molecule has 0 saturated carbocycles. The second-order valence-corrected chi connectivity index (χ2v) is 7.03. The molecule has 4 rings (SSSR count). The van der Waals surface area contributed by atoms with Crippen LogP contribution in [-0.2, 0) is 5.75 Å². The zero-order valence-electron chi connectivity index (χ0n) is 14.9. The minimum atomic E-state index is -0.710. The van der Waals surface area contributed by atoms with Crippen molar-refractivity contribution in [1.29, 1.82) is 0 Å². The number of fused-ring (bicyclic) bond motifs is 1. The Labute approximate surface area is 168 Å². The number of para-hydroxylation sites is 1. The summed E-state index contributed by atoms with van der Waals surface area (Å²) in [5.74, 6) is -0.420. The summed E-state index contributed by atoms with van der Waals surface area (Å²) in [6.45, 7) is 0. The number of aromatic nitrogens is 4. The molecule has 0 aliphatic carbocycles. The Hall–Kier alpha value is -3.79. The lowest BCUT2D eigenvalue weighted by molar-refractivity contribution is -0.385. The van der Waals surface area contributed by atoms with Crippen molar-refractivity contribution in [2.75, 3.05) is 0 Å². The number of hydrogen-bond donors (Lipinski definition) is 1. The molecule has 0 aliphatic heterocycles. The van der Waals surface area contributed by atoms with Crippen LogP contribution in [0.1, 0.15) is 15.9 Å². The number of nitro benzene ring substituents is 1. The van der Waals surface area contributed by atoms with Crippen molar-refractivity contribution in [3.63, 3.8) is 0 Å². The summed E-state index contributed by atoms with van der Waals surface area (Å²) >= 11 is 1.33. The van der Waals surface area contributed by atoms with Crippen LogP contribution in [-0.4, -0.2) is 30.6 Å². The monoisotopic (exact) mass is 406 g/mol. The third kappa shape index (κ3) is 3.65. The number of nitrogens with zero attached hydrogens (tertiary/aromatic N) is 5. The lowest BCUT2D eigenvalue weighted by Gasteiger charge is -2.06. The second kappa shape index (κ2) is 7.68. The average molecular weight is 406 g/mol. The Bertz CT molecular complexity index is 1230. The van der Waals surface area contributed by atoms with Crippen LogP contribution in [0.3, 0.4) is 0 Å². The van der Waals surface area contributed by atoms with Gasteiger partial charge in [-0.15, -0.1) is 11.8 Å². The lowest BCUT2D eigenvalue weighted by Crippen LogP contribution is -2.11. The van der Waals surface area contributed by atoms with Crippen LogP contribution in [0.2, 0.25) is 0 Å². The summed E-state index contributed by atoms with van der Waals surface area (Å²) in [7, 11) is 0. The number of nitrogens with two attached hydrogens (primary N) is 1. The minimum Gasteiger partial charge on any atom is -0.366 e. The first-order valence-corrected chi connectivity index (χ1v) is 9.47. The molecule has 0 bridgehead atoms. The predicted octanol–water partition coefficient (Wildman–Crippen LogP) is 3.11. The fraction of sp³-hybridized carbons (Fsp3) is 0.0526. The summed E-state index contributed by atoms with van der Waals surface area (Å²) in [5.41, 5.74) is 7.14. The van der Waals surface area contributed by atoms with Gasteiger partial charge in [0.15, 0.2) is 5.65 Å². The van der Waals surface area contributed by atoms with E-state index in [-0.39, 0.29) is 17.0 Å². The standard InChI is InChI=1S/C19H14N6O3S/c20-17(26)12-6-7-13(16(8-12)25(27)28)10-29-19-15-9-23-24(18(15)21-11-22-19)14-4-2-1-3-5-14/h1-9,11H,10H2,(H2,20,26). The Balaban J connectivity index is 1.65. The molecule has 10 heteroatoms. The number of primary amides is 1. The van der Waals surface area contributed by atoms with Gasteiger partial charge in [0.1, 0.15) is 11.4 Å². The van der Waals surface area contributed by atoms with Crippen molar-refractivity contribution in [2.45, 2.75) is 10.8 Å². The highest BCUT2D eigenvalue weighted by Gasteiger charge is 2.18. The first-order chi connectivity index (χ1) is 14.0. The van der Waals surface area contributed by atoms with Crippen LogP contribution in [0.15, 0.2) is 66.1 Å². The van der Waals surface area contributed by atoms with Gasteiger partial charge in [0.2, 0.25) is 5.91 Å². The third-order valence-corrected chi connectivity index (χ3v) is 5.32. The van der Waals surface area contributed by atoms with E-state index in [0.717, 1.165) is 11.1 Å². The van der Waals surface area contributed by atoms with Crippen molar-refractivity contribution in [2.24, 2.45) is 5.73 Å². The molecule has 0 atom stereocenters. The van der Waals surface area contributed by atoms with Crippen LogP contribution in [0.4, 0.5) is 5.69 Å². The summed E-state index contributed by atoms with van der Waals surface area (Å²) in [6, 6.07) is 13.8. The van der Waals surface area contributed by atoms with E-state index in [1.807, 2.05) is 30.3 Å². The molecule has 2 aromatic heterocycles. The van der Waals surface area contributed by atoms with Gasteiger partial charge in [-0.1, -0.05) is 24.3 Å². The molecular weight excluding hydrogens is 392 g/mol. The molecular formula is C19H14N6O3S. The van der Waals surface area contributed by atoms with Crippen molar-refractivity contribution < 1.29 is 9.72 Å². The predicted molar refractivity (Wildman–Crippen MR) is 108 cm³/mol. The average Bonchev–Trinajstić information content (AvgIpc) is 3.17. The van der Waals surface area contributed by atoms with Crippen LogP contribution in [0, 0.1) is 10.1 Å². The first-order valence-electron chi connectivity index (χ1n) is 8.48. The van der Waals surface area contributed by atoms with E-state index in [9.17, 15) is 14.9 Å². The molecule has 1 amide bonds. The zero-order chi connectivity index (χ0) is 20.4. The fourth-order valence-electron chi connectivity index (χ4n) is 2.85. The number of rotatable bonds is 6. The molecule has 0 unspecified atom stereocenters. The van der Waals surface area contributed by atoms with Crippen LogP contribution < -0.4 is 5.73 Å². The highest BCUT2D eigenvalue weighted by Crippen LogP contribution is 2.31. The molecule has 0 radical (unpaired) electrons. The number of amides is 1. The van der Waals surface area contributed by atoms with Gasteiger partial charge < -0.3 is 5.73 Å². The molecule has 0 aliphatic rings. The number of benzene rings is 2. The van der Waals surface area contributed by atoms with Gasteiger partial charge in [-0.2, -0.15) is 5.10 Å². The van der Waals surface area contributed by atoms with Crippen LogP contribution in [0.5, 0.6) is 0 Å². The van der Waals surface area contributed by atoms with Gasteiger partial charge in [0.05, 0.1) is 22.2 Å². The number of carbonyl (C=O) groups is 1. The van der Waals surface area contributed by atoms with E-state index >= 15 is 0 Å². The smallest absolute Gasteiger partial charge is 0.274 e. The third-order valence-electron chi connectivity index (χ3n) is 4.26. The Kier molecular flexibility index (Phi) is 4.92. The molecule has 2 heterocycles. The Morgan fingerprint density at radius 2 is 1.97 bits per heavy atom. The van der Waals surface area contributed by atoms with Crippen molar-refractivity contribution in [1.82, 2.24) is 19.7 Å². The highest BCUT2D eigenvalue weighted by atomic mass is 32.2. The molecule has 144 valence electrons. The van der Waals surface area contributed by atoms with E-state index in [2.05, 4.69) is 15.1 Å². The summed E-state index contributed by atoms with van der Waals surface area (Å²) in [4.78, 5) is 30.8. The molecule has 9 nitrogen and oxygen atoms in total. The van der Waals surface area contributed by atoms with E-state index in [0.29, 0.717) is 16.2 Å². The van der Waals surface area contributed by atoms with Gasteiger partial charge >= 0.3 is 0 Å². The SMILES string of the molecule is NC(=O)c1ccc(CSc2ncnc3c2cnn3-c2ccccc2)c([N+](=O)[O-])c1. The number of hydrogen-bond acceptors (Lipinski definition) is 7. The van der Waals surface area contributed by atoms with Gasteiger partial charge in [0, 0.05) is 22.9 Å². The Morgan fingerprint density at radius 3 is 2.69 bits per heavy atom. The molecule has 29 heavy (non-hydrogen) atoms. The van der Waals surface area contributed by atoms with E-state index in [1.54, 1.807) is 10.9 Å². The van der Waals surface area contributed by atoms with Crippen molar-refractivity contribution >= 4 is 34.4 Å². The summed E-state index contributed by atoms with van der Waals surface area (Å²) in [6.07, 6.45) is 3.12. The maximum absolute atomic E-state index is 11.4. The number of thioether (sulfide) groups is 1. The molecule has 2 N–H and O–H groups in total. The van der Waals surface area contributed by atoms with Gasteiger partial charge in [-0.25, -0.2) is 14.6 Å². The van der Waals surface area contributed by atoms with Gasteiger partial charge in [0.25, 0.3) is 5.69 Å².